The molecule has 1 heterocycles. The van der Waals surface area contributed by atoms with E-state index in [1.54, 1.807) is 0 Å². The van der Waals surface area contributed by atoms with Crippen molar-refractivity contribution in [2.24, 2.45) is 5.41 Å². The van der Waals surface area contributed by atoms with Crippen LogP contribution in [0.15, 0.2) is 0 Å². The van der Waals surface area contributed by atoms with E-state index in [0.29, 0.717) is 6.10 Å². The largest absolute Gasteiger partial charge is 0.381 e. The molecule has 2 nitrogen and oxygen atoms in total. The van der Waals surface area contributed by atoms with E-state index < -0.39 is 0 Å². The maximum atomic E-state index is 5.50. The molecule has 0 aromatic rings. The lowest BCUT2D eigenvalue weighted by Gasteiger charge is -2.45. The van der Waals surface area contributed by atoms with Gasteiger partial charge in [-0.2, -0.15) is 0 Å². The number of nitrogens with one attached hydrogen (secondary N) is 1. The molecule has 1 aliphatic rings. The fraction of sp³-hybridized carbons (Fsp3) is 1.00. The van der Waals surface area contributed by atoms with Crippen LogP contribution in [0.4, 0.5) is 0 Å². The molecule has 0 saturated carbocycles. The number of hydrogen-bond donors (Lipinski definition) is 1. The van der Waals surface area contributed by atoms with Crippen LogP contribution in [0.5, 0.6) is 0 Å². The minimum absolute atomic E-state index is 0.232. The first kappa shape index (κ1) is 10.0. The number of rotatable bonds is 1. The van der Waals surface area contributed by atoms with E-state index in [9.17, 15) is 0 Å². The Kier molecular flexibility index (Phi) is 2.50. The van der Waals surface area contributed by atoms with Gasteiger partial charge in [-0.05, 0) is 20.3 Å². The van der Waals surface area contributed by atoms with E-state index in [1.165, 1.54) is 0 Å². The van der Waals surface area contributed by atoms with E-state index in [2.05, 4.69) is 33.0 Å². The summed E-state index contributed by atoms with van der Waals surface area (Å²) < 4.78 is 5.50. The summed E-state index contributed by atoms with van der Waals surface area (Å²) in [7, 11) is 1.81. The number of ether oxygens (including phenoxy) is 1. The molecule has 1 fully saturated rings. The van der Waals surface area contributed by atoms with Crippen LogP contribution in [-0.2, 0) is 4.74 Å². The van der Waals surface area contributed by atoms with Gasteiger partial charge in [-0.1, -0.05) is 13.8 Å². The maximum Gasteiger partial charge on any atom is 0.0651 e. The van der Waals surface area contributed by atoms with Crippen LogP contribution < -0.4 is 5.32 Å². The Morgan fingerprint density at radius 1 is 1.25 bits per heavy atom. The molecule has 0 amide bonds. The van der Waals surface area contributed by atoms with Crippen molar-refractivity contribution in [1.29, 1.82) is 0 Å². The van der Waals surface area contributed by atoms with Gasteiger partial charge in [0.05, 0.1) is 6.10 Å². The fourth-order valence-electron chi connectivity index (χ4n) is 1.80. The first-order chi connectivity index (χ1) is 5.37. The third-order valence-electron chi connectivity index (χ3n) is 2.87. The van der Waals surface area contributed by atoms with E-state index >= 15 is 0 Å². The lowest BCUT2D eigenvalue weighted by Crippen LogP contribution is -2.57. The monoisotopic (exact) mass is 171 g/mol. The van der Waals surface area contributed by atoms with Crippen molar-refractivity contribution in [2.75, 3.05) is 13.7 Å². The van der Waals surface area contributed by atoms with E-state index in [1.807, 2.05) is 7.11 Å². The SMILES string of the molecule is COC1CC(C)(C)NCC1(C)C. The number of piperidine rings is 1. The lowest BCUT2D eigenvalue weighted by atomic mass is 9.75. The van der Waals surface area contributed by atoms with E-state index in [0.717, 1.165) is 13.0 Å². The Labute approximate surface area is 75.7 Å². The Hall–Kier alpha value is -0.0800. The van der Waals surface area contributed by atoms with Gasteiger partial charge in [0.1, 0.15) is 0 Å². The summed E-state index contributed by atoms with van der Waals surface area (Å²) >= 11 is 0. The Morgan fingerprint density at radius 2 is 1.83 bits per heavy atom. The smallest absolute Gasteiger partial charge is 0.0651 e. The molecule has 1 N–H and O–H groups in total. The van der Waals surface area contributed by atoms with Gasteiger partial charge in [-0.15, -0.1) is 0 Å². The first-order valence-corrected chi connectivity index (χ1v) is 4.65. The molecule has 2 heteroatoms. The van der Waals surface area contributed by atoms with Gasteiger partial charge in [-0.3, -0.25) is 0 Å². The van der Waals surface area contributed by atoms with Crippen LogP contribution in [0.25, 0.3) is 0 Å². The summed E-state index contributed by atoms with van der Waals surface area (Å²) in [6, 6.07) is 0. The average Bonchev–Trinajstić information content (AvgIpc) is 1.95. The Morgan fingerprint density at radius 3 is 2.25 bits per heavy atom. The van der Waals surface area contributed by atoms with Gasteiger partial charge in [0.25, 0.3) is 0 Å². The van der Waals surface area contributed by atoms with E-state index in [-0.39, 0.29) is 11.0 Å². The highest BCUT2D eigenvalue weighted by Crippen LogP contribution is 2.33. The molecule has 72 valence electrons. The third kappa shape index (κ3) is 1.99. The topological polar surface area (TPSA) is 21.3 Å². The summed E-state index contributed by atoms with van der Waals surface area (Å²) in [5.41, 5.74) is 0.500. The summed E-state index contributed by atoms with van der Waals surface area (Å²) in [4.78, 5) is 0. The number of methoxy groups -OCH3 is 1. The van der Waals surface area contributed by atoms with Crippen LogP contribution in [0, 0.1) is 5.41 Å². The van der Waals surface area contributed by atoms with Crippen molar-refractivity contribution in [3.63, 3.8) is 0 Å². The van der Waals surface area contributed by atoms with Crippen LogP contribution in [0.3, 0.4) is 0 Å². The van der Waals surface area contributed by atoms with Crippen LogP contribution in [-0.4, -0.2) is 25.3 Å². The molecule has 1 aliphatic heterocycles. The second-order valence-electron chi connectivity index (χ2n) is 5.15. The van der Waals surface area contributed by atoms with Crippen molar-refractivity contribution in [3.8, 4) is 0 Å². The molecule has 1 saturated heterocycles. The molecule has 12 heavy (non-hydrogen) atoms. The van der Waals surface area contributed by atoms with Gasteiger partial charge >= 0.3 is 0 Å². The fourth-order valence-corrected chi connectivity index (χ4v) is 1.80. The molecule has 0 aliphatic carbocycles. The zero-order valence-electron chi connectivity index (χ0n) is 8.90. The minimum atomic E-state index is 0.232. The van der Waals surface area contributed by atoms with Crippen LogP contribution >= 0.6 is 0 Å². The standard InChI is InChI=1S/C10H21NO/c1-9(2)7-11-10(3,4)6-8(9)12-5/h8,11H,6-7H2,1-5H3. The Bertz CT molecular complexity index is 163. The predicted molar refractivity (Wildman–Crippen MR) is 51.3 cm³/mol. The van der Waals surface area contributed by atoms with Crippen molar-refractivity contribution in [1.82, 2.24) is 5.32 Å². The highest BCUT2D eigenvalue weighted by atomic mass is 16.5. The average molecular weight is 171 g/mol. The second-order valence-corrected chi connectivity index (χ2v) is 5.15. The van der Waals surface area contributed by atoms with Crippen LogP contribution in [0.2, 0.25) is 0 Å². The first-order valence-electron chi connectivity index (χ1n) is 4.65. The molecular weight excluding hydrogens is 150 g/mol. The molecule has 1 rings (SSSR count). The molecule has 0 aromatic heterocycles. The van der Waals surface area contributed by atoms with Crippen molar-refractivity contribution in [3.05, 3.63) is 0 Å². The minimum Gasteiger partial charge on any atom is -0.381 e. The van der Waals surface area contributed by atoms with Gasteiger partial charge in [0, 0.05) is 24.6 Å². The van der Waals surface area contributed by atoms with Gasteiger partial charge in [-0.25, -0.2) is 0 Å². The van der Waals surface area contributed by atoms with Crippen LogP contribution in [0.1, 0.15) is 34.1 Å². The quantitative estimate of drug-likeness (QED) is 0.649. The van der Waals surface area contributed by atoms with Crippen molar-refractivity contribution < 1.29 is 4.74 Å². The molecule has 0 radical (unpaired) electrons. The molecule has 0 bridgehead atoms. The lowest BCUT2D eigenvalue weighted by molar-refractivity contribution is -0.0412. The summed E-state index contributed by atoms with van der Waals surface area (Å²) in [6.45, 7) is 10.0. The predicted octanol–water partition coefficient (Wildman–Crippen LogP) is 1.80. The molecule has 0 aromatic carbocycles. The third-order valence-corrected chi connectivity index (χ3v) is 2.87. The molecule has 0 spiro atoms. The molecular formula is C10H21NO. The summed E-state index contributed by atoms with van der Waals surface area (Å²) in [5.74, 6) is 0. The van der Waals surface area contributed by atoms with E-state index in [4.69, 9.17) is 4.74 Å². The highest BCUT2D eigenvalue weighted by molar-refractivity contribution is 4.95. The summed E-state index contributed by atoms with van der Waals surface area (Å²) in [5, 5.41) is 3.53. The number of hydrogen-bond acceptors (Lipinski definition) is 2. The normalized spacial score (nSPS) is 33.2. The molecule has 1 unspecified atom stereocenters. The van der Waals surface area contributed by atoms with Gasteiger partial charge < -0.3 is 10.1 Å². The zero-order valence-corrected chi connectivity index (χ0v) is 8.90. The summed E-state index contributed by atoms with van der Waals surface area (Å²) in [6.07, 6.45) is 1.48. The maximum absolute atomic E-state index is 5.50. The van der Waals surface area contributed by atoms with Gasteiger partial charge in [0.15, 0.2) is 0 Å². The second kappa shape index (κ2) is 3.00. The highest BCUT2D eigenvalue weighted by Gasteiger charge is 2.39. The Balaban J connectivity index is 2.67. The molecule has 1 atom stereocenters. The van der Waals surface area contributed by atoms with Gasteiger partial charge in [0.2, 0.25) is 0 Å². The van der Waals surface area contributed by atoms with Crippen molar-refractivity contribution in [2.45, 2.75) is 45.8 Å². The zero-order chi connectivity index (χ0) is 9.41. The van der Waals surface area contributed by atoms with Crippen molar-refractivity contribution >= 4 is 0 Å².